The minimum atomic E-state index is -0.327. The maximum absolute atomic E-state index is 11.8. The number of rotatable bonds is 4. The fraction of sp³-hybridized carbons (Fsp3) is 0.364. The summed E-state index contributed by atoms with van der Waals surface area (Å²) in [7, 11) is 0. The van der Waals surface area contributed by atoms with Crippen LogP contribution >= 0.6 is 22.6 Å². The molecule has 0 spiro atoms. The third-order valence-electron chi connectivity index (χ3n) is 2.25. The van der Waals surface area contributed by atoms with Crippen molar-refractivity contribution in [1.29, 1.82) is 5.26 Å². The normalized spacial score (nSPS) is 11.6. The number of pyridine rings is 1. The van der Waals surface area contributed by atoms with Crippen LogP contribution in [0.1, 0.15) is 30.1 Å². The van der Waals surface area contributed by atoms with Gasteiger partial charge in [0.15, 0.2) is 0 Å². The Morgan fingerprint density at radius 3 is 3.00 bits per heavy atom. The van der Waals surface area contributed by atoms with Crippen molar-refractivity contribution in [3.05, 3.63) is 21.5 Å². The fourth-order valence-corrected chi connectivity index (χ4v) is 1.53. The van der Waals surface area contributed by atoms with E-state index in [9.17, 15) is 9.90 Å². The van der Waals surface area contributed by atoms with E-state index in [1.807, 2.05) is 35.6 Å². The molecule has 2 N–H and O–H groups in total. The lowest BCUT2D eigenvalue weighted by molar-refractivity contribution is 0.0936. The van der Waals surface area contributed by atoms with Gasteiger partial charge in [0.25, 0.3) is 5.91 Å². The Bertz CT molecular complexity index is 457. The van der Waals surface area contributed by atoms with E-state index in [1.165, 1.54) is 12.3 Å². The van der Waals surface area contributed by atoms with E-state index in [-0.39, 0.29) is 24.1 Å². The van der Waals surface area contributed by atoms with Gasteiger partial charge in [0.2, 0.25) is 0 Å². The zero-order valence-corrected chi connectivity index (χ0v) is 11.4. The zero-order valence-electron chi connectivity index (χ0n) is 9.27. The molecule has 1 rings (SSSR count). The summed E-state index contributed by atoms with van der Waals surface area (Å²) < 4.78 is 0.447. The van der Waals surface area contributed by atoms with E-state index in [2.05, 4.69) is 10.3 Å². The second-order valence-electron chi connectivity index (χ2n) is 3.47. The number of amides is 1. The van der Waals surface area contributed by atoms with Crippen LogP contribution in [0.5, 0.6) is 5.75 Å². The molecule has 1 atom stereocenters. The Morgan fingerprint density at radius 1 is 1.76 bits per heavy atom. The fourth-order valence-electron chi connectivity index (χ4n) is 1.24. The van der Waals surface area contributed by atoms with Gasteiger partial charge in [-0.15, -0.1) is 0 Å². The van der Waals surface area contributed by atoms with Gasteiger partial charge in [0, 0.05) is 12.2 Å². The lowest BCUT2D eigenvalue weighted by Crippen LogP contribution is -2.34. The minimum absolute atomic E-state index is 0.0217. The number of aromatic nitrogens is 1. The molecule has 0 aromatic carbocycles. The molecule has 0 saturated heterocycles. The van der Waals surface area contributed by atoms with Crippen LogP contribution in [-0.2, 0) is 0 Å². The number of nitrogens with one attached hydrogen (secondary N) is 1. The van der Waals surface area contributed by atoms with Gasteiger partial charge in [-0.05, 0) is 35.1 Å². The highest BCUT2D eigenvalue weighted by molar-refractivity contribution is 14.1. The zero-order chi connectivity index (χ0) is 12.8. The molecule has 17 heavy (non-hydrogen) atoms. The van der Waals surface area contributed by atoms with Gasteiger partial charge in [-0.3, -0.25) is 4.79 Å². The molecule has 1 heterocycles. The molecule has 1 amide bonds. The highest BCUT2D eigenvalue weighted by Crippen LogP contribution is 2.17. The number of aromatic hydroxyl groups is 1. The third-order valence-corrected chi connectivity index (χ3v) is 3.08. The van der Waals surface area contributed by atoms with Crippen LogP contribution in [0.25, 0.3) is 0 Å². The first-order valence-electron chi connectivity index (χ1n) is 5.10. The Labute approximate surface area is 113 Å². The molecule has 1 aromatic rings. The van der Waals surface area contributed by atoms with Crippen molar-refractivity contribution < 1.29 is 9.90 Å². The molecule has 1 aromatic heterocycles. The van der Waals surface area contributed by atoms with Crippen LogP contribution in [0.2, 0.25) is 0 Å². The maximum Gasteiger partial charge on any atom is 0.253 e. The van der Waals surface area contributed by atoms with Gasteiger partial charge >= 0.3 is 0 Å². The summed E-state index contributed by atoms with van der Waals surface area (Å²) >= 11 is 1.87. The van der Waals surface area contributed by atoms with Gasteiger partial charge in [-0.25, -0.2) is 4.98 Å². The predicted molar refractivity (Wildman–Crippen MR) is 70.4 cm³/mol. The lowest BCUT2D eigenvalue weighted by Gasteiger charge is -2.13. The van der Waals surface area contributed by atoms with Crippen molar-refractivity contribution in [1.82, 2.24) is 10.3 Å². The number of nitriles is 1. The SMILES string of the molecule is CCC(CC#N)NC(=O)c1cnc(I)c(O)c1. The lowest BCUT2D eigenvalue weighted by atomic mass is 10.1. The van der Waals surface area contributed by atoms with Gasteiger partial charge in [0.05, 0.1) is 18.1 Å². The topological polar surface area (TPSA) is 86.0 Å². The van der Waals surface area contributed by atoms with Gasteiger partial charge in [-0.2, -0.15) is 5.26 Å². The Morgan fingerprint density at radius 2 is 2.47 bits per heavy atom. The number of nitrogens with zero attached hydrogens (tertiary/aromatic N) is 2. The van der Waals surface area contributed by atoms with Crippen LogP contribution in [0.15, 0.2) is 12.3 Å². The van der Waals surface area contributed by atoms with Crippen LogP contribution in [0.4, 0.5) is 0 Å². The molecule has 0 aliphatic heterocycles. The number of hydrogen-bond acceptors (Lipinski definition) is 4. The predicted octanol–water partition coefficient (Wildman–Crippen LogP) is 1.81. The highest BCUT2D eigenvalue weighted by Gasteiger charge is 2.13. The van der Waals surface area contributed by atoms with E-state index >= 15 is 0 Å². The summed E-state index contributed by atoms with van der Waals surface area (Å²) in [6, 6.07) is 3.21. The smallest absolute Gasteiger partial charge is 0.253 e. The van der Waals surface area contributed by atoms with Crippen molar-refractivity contribution in [3.8, 4) is 11.8 Å². The first kappa shape index (κ1) is 13.7. The standard InChI is InChI=1S/C11H12IN3O2/c1-2-8(3-4-13)15-11(17)7-5-9(16)10(12)14-6-7/h5-6,8,16H,2-3H2,1H3,(H,15,17). The summed E-state index contributed by atoms with van der Waals surface area (Å²) in [6.07, 6.45) is 2.35. The Kier molecular flexibility index (Phi) is 5.15. The monoisotopic (exact) mass is 345 g/mol. The number of hydrogen-bond donors (Lipinski definition) is 2. The molecule has 5 nitrogen and oxygen atoms in total. The summed E-state index contributed by atoms with van der Waals surface area (Å²) in [5, 5.41) is 20.7. The van der Waals surface area contributed by atoms with Crippen LogP contribution < -0.4 is 5.32 Å². The Hall–Kier alpha value is -1.36. The molecule has 1 unspecified atom stereocenters. The average Bonchev–Trinajstić information content (AvgIpc) is 2.31. The molecule has 0 aliphatic carbocycles. The highest BCUT2D eigenvalue weighted by atomic mass is 127. The van der Waals surface area contributed by atoms with E-state index in [4.69, 9.17) is 5.26 Å². The van der Waals surface area contributed by atoms with Gasteiger partial charge in [-0.1, -0.05) is 6.92 Å². The third kappa shape index (κ3) is 3.85. The minimum Gasteiger partial charge on any atom is -0.505 e. The van der Waals surface area contributed by atoms with Crippen molar-refractivity contribution >= 4 is 28.5 Å². The second kappa shape index (κ2) is 6.39. The van der Waals surface area contributed by atoms with Crippen LogP contribution in [0.3, 0.4) is 0 Å². The summed E-state index contributed by atoms with van der Waals surface area (Å²) in [5.41, 5.74) is 0.291. The maximum atomic E-state index is 11.8. The summed E-state index contributed by atoms with van der Waals surface area (Å²) in [4.78, 5) is 15.7. The van der Waals surface area contributed by atoms with Crippen molar-refractivity contribution in [2.24, 2.45) is 0 Å². The van der Waals surface area contributed by atoms with E-state index in [0.29, 0.717) is 15.7 Å². The first-order valence-corrected chi connectivity index (χ1v) is 6.18. The van der Waals surface area contributed by atoms with E-state index in [1.54, 1.807) is 0 Å². The summed E-state index contributed by atoms with van der Waals surface area (Å²) in [5.74, 6) is -0.349. The number of halogens is 1. The molecular weight excluding hydrogens is 333 g/mol. The molecular formula is C11H12IN3O2. The summed E-state index contributed by atoms with van der Waals surface area (Å²) in [6.45, 7) is 1.89. The number of carbonyl (C=O) groups is 1. The number of carbonyl (C=O) groups excluding carboxylic acids is 1. The van der Waals surface area contributed by atoms with Gasteiger partial charge < -0.3 is 10.4 Å². The van der Waals surface area contributed by atoms with E-state index in [0.717, 1.165) is 0 Å². The molecule has 0 fully saturated rings. The molecule has 90 valence electrons. The van der Waals surface area contributed by atoms with Gasteiger partial charge in [0.1, 0.15) is 9.45 Å². The average molecular weight is 345 g/mol. The molecule has 6 heteroatoms. The molecule has 0 bridgehead atoms. The molecule has 0 radical (unpaired) electrons. The molecule has 0 saturated carbocycles. The van der Waals surface area contributed by atoms with E-state index < -0.39 is 0 Å². The van der Waals surface area contributed by atoms with Crippen molar-refractivity contribution in [2.45, 2.75) is 25.8 Å². The second-order valence-corrected chi connectivity index (χ2v) is 4.50. The van der Waals surface area contributed by atoms with Crippen molar-refractivity contribution in [3.63, 3.8) is 0 Å². The quantitative estimate of drug-likeness (QED) is 0.644. The first-order chi connectivity index (χ1) is 8.08. The molecule has 0 aliphatic rings. The van der Waals surface area contributed by atoms with Crippen LogP contribution in [0, 0.1) is 15.0 Å². The largest absolute Gasteiger partial charge is 0.505 e. The van der Waals surface area contributed by atoms with Crippen LogP contribution in [-0.4, -0.2) is 22.0 Å². The Balaban J connectivity index is 2.76. The van der Waals surface area contributed by atoms with Crippen molar-refractivity contribution in [2.75, 3.05) is 0 Å².